The Bertz CT molecular complexity index is 601. The number of nitrogens with zero attached hydrogens (tertiary/aromatic N) is 1. The van der Waals surface area contributed by atoms with E-state index in [2.05, 4.69) is 10.3 Å². The average molecular weight is 335 g/mol. The summed E-state index contributed by atoms with van der Waals surface area (Å²) in [5.41, 5.74) is 1.60. The van der Waals surface area contributed by atoms with E-state index in [4.69, 9.17) is 9.94 Å². The highest BCUT2D eigenvalue weighted by Gasteiger charge is 2.31. The van der Waals surface area contributed by atoms with Crippen molar-refractivity contribution in [3.8, 4) is 0 Å². The summed E-state index contributed by atoms with van der Waals surface area (Å²) in [6.07, 6.45) is 4.30. The largest absolute Gasteiger partial charge is 0.459 e. The van der Waals surface area contributed by atoms with Crippen molar-refractivity contribution in [1.82, 2.24) is 15.8 Å². The topological polar surface area (TPSA) is 101 Å². The standard InChI is InChI=1S/C17H25N3O4/c1-16(2,3)24-15(22)17(4,5)19-11-12-6-7-13(18-10-12)8-9-14(21)20-23/h6-10,19,23H,11H2,1-5H3,(H,20,21)/b9-8+. The number of aromatic nitrogens is 1. The van der Waals surface area contributed by atoms with Gasteiger partial charge in [0.2, 0.25) is 0 Å². The lowest BCUT2D eigenvalue weighted by Gasteiger charge is -2.29. The SMILES string of the molecule is CC(C)(C)OC(=O)C(C)(C)NCc1ccc(/C=C/C(=O)NO)nc1. The molecular weight excluding hydrogens is 310 g/mol. The van der Waals surface area contributed by atoms with Crippen molar-refractivity contribution in [3.05, 3.63) is 35.7 Å². The van der Waals surface area contributed by atoms with E-state index in [-0.39, 0.29) is 5.97 Å². The number of nitrogens with one attached hydrogen (secondary N) is 2. The molecule has 0 saturated carbocycles. The van der Waals surface area contributed by atoms with Gasteiger partial charge in [-0.15, -0.1) is 0 Å². The molecule has 132 valence electrons. The smallest absolute Gasteiger partial charge is 0.326 e. The third kappa shape index (κ3) is 6.89. The lowest BCUT2D eigenvalue weighted by molar-refractivity contribution is -0.161. The molecule has 0 aromatic carbocycles. The number of pyridine rings is 1. The number of esters is 1. The Hall–Kier alpha value is -2.25. The van der Waals surface area contributed by atoms with Crippen molar-refractivity contribution < 1.29 is 19.5 Å². The summed E-state index contributed by atoms with van der Waals surface area (Å²) in [7, 11) is 0. The van der Waals surface area contributed by atoms with Gasteiger partial charge in [-0.2, -0.15) is 0 Å². The number of carbonyl (C=O) groups excluding carboxylic acids is 2. The summed E-state index contributed by atoms with van der Waals surface area (Å²) in [6, 6.07) is 3.57. The Morgan fingerprint density at radius 2 is 1.92 bits per heavy atom. The van der Waals surface area contributed by atoms with Crippen LogP contribution in [-0.4, -0.2) is 33.2 Å². The van der Waals surface area contributed by atoms with Gasteiger partial charge in [0.15, 0.2) is 0 Å². The van der Waals surface area contributed by atoms with E-state index in [0.717, 1.165) is 5.56 Å². The second-order valence-electron chi connectivity index (χ2n) is 6.88. The van der Waals surface area contributed by atoms with Gasteiger partial charge in [0, 0.05) is 18.8 Å². The summed E-state index contributed by atoms with van der Waals surface area (Å²) in [4.78, 5) is 27.2. The van der Waals surface area contributed by atoms with Crippen LogP contribution in [0.4, 0.5) is 0 Å². The zero-order valence-electron chi connectivity index (χ0n) is 14.7. The minimum absolute atomic E-state index is 0.322. The first-order valence-corrected chi connectivity index (χ1v) is 7.59. The van der Waals surface area contributed by atoms with Gasteiger partial charge < -0.3 is 4.74 Å². The van der Waals surface area contributed by atoms with E-state index in [9.17, 15) is 9.59 Å². The van der Waals surface area contributed by atoms with Crippen molar-refractivity contribution in [2.45, 2.75) is 52.3 Å². The third-order valence-corrected chi connectivity index (χ3v) is 3.01. The molecule has 1 amide bonds. The lowest BCUT2D eigenvalue weighted by Crippen LogP contribution is -2.49. The lowest BCUT2D eigenvalue weighted by atomic mass is 10.0. The molecule has 0 saturated heterocycles. The molecule has 0 atom stereocenters. The summed E-state index contributed by atoms with van der Waals surface area (Å²) in [5.74, 6) is -0.945. The maximum atomic E-state index is 12.2. The van der Waals surface area contributed by atoms with E-state index in [1.165, 1.54) is 17.6 Å². The molecule has 0 radical (unpaired) electrons. The summed E-state index contributed by atoms with van der Waals surface area (Å²) in [6.45, 7) is 9.45. The molecule has 0 aliphatic heterocycles. The van der Waals surface area contributed by atoms with Crippen molar-refractivity contribution >= 4 is 18.0 Å². The molecule has 7 heteroatoms. The first-order chi connectivity index (χ1) is 11.0. The van der Waals surface area contributed by atoms with E-state index >= 15 is 0 Å². The number of hydrogen-bond donors (Lipinski definition) is 3. The Kier molecular flexibility index (Phi) is 6.62. The molecule has 7 nitrogen and oxygen atoms in total. The van der Waals surface area contributed by atoms with Crippen LogP contribution < -0.4 is 10.8 Å². The predicted octanol–water partition coefficient (Wildman–Crippen LogP) is 1.81. The minimum Gasteiger partial charge on any atom is -0.459 e. The minimum atomic E-state index is -0.828. The predicted molar refractivity (Wildman–Crippen MR) is 90.0 cm³/mol. The molecule has 0 bridgehead atoms. The number of rotatable bonds is 6. The van der Waals surface area contributed by atoms with Crippen LogP contribution >= 0.6 is 0 Å². The molecule has 0 unspecified atom stereocenters. The Labute approximate surface area is 142 Å². The number of carbonyl (C=O) groups is 2. The molecule has 0 spiro atoms. The van der Waals surface area contributed by atoms with Gasteiger partial charge >= 0.3 is 5.97 Å². The molecule has 1 rings (SSSR count). The van der Waals surface area contributed by atoms with Gasteiger partial charge in [0.05, 0.1) is 5.69 Å². The highest BCUT2D eigenvalue weighted by molar-refractivity contribution is 5.90. The number of amides is 1. The van der Waals surface area contributed by atoms with Crippen LogP contribution in [0.25, 0.3) is 6.08 Å². The molecular formula is C17H25N3O4. The van der Waals surface area contributed by atoms with Gasteiger partial charge in [-0.3, -0.25) is 25.1 Å². The van der Waals surface area contributed by atoms with E-state index in [1.807, 2.05) is 26.8 Å². The highest BCUT2D eigenvalue weighted by Crippen LogP contribution is 2.14. The molecule has 3 N–H and O–H groups in total. The fourth-order valence-corrected chi connectivity index (χ4v) is 1.64. The summed E-state index contributed by atoms with van der Waals surface area (Å²) in [5, 5.41) is 11.5. The molecule has 1 aromatic heterocycles. The van der Waals surface area contributed by atoms with E-state index in [1.54, 1.807) is 26.1 Å². The quantitative estimate of drug-likeness (QED) is 0.317. The Morgan fingerprint density at radius 1 is 1.25 bits per heavy atom. The molecule has 0 aliphatic rings. The fraction of sp³-hybridized carbons (Fsp3) is 0.471. The van der Waals surface area contributed by atoms with Crippen LogP contribution in [0, 0.1) is 0 Å². The summed E-state index contributed by atoms with van der Waals surface area (Å²) >= 11 is 0. The van der Waals surface area contributed by atoms with Gasteiger partial charge in [0.1, 0.15) is 11.1 Å². The molecule has 0 aliphatic carbocycles. The van der Waals surface area contributed by atoms with Crippen LogP contribution in [0.15, 0.2) is 24.4 Å². The van der Waals surface area contributed by atoms with Crippen LogP contribution in [0.1, 0.15) is 45.9 Å². The van der Waals surface area contributed by atoms with Crippen molar-refractivity contribution in [3.63, 3.8) is 0 Å². The van der Waals surface area contributed by atoms with Crippen LogP contribution in [-0.2, 0) is 20.9 Å². The zero-order valence-corrected chi connectivity index (χ0v) is 14.7. The monoisotopic (exact) mass is 335 g/mol. The normalized spacial score (nSPS) is 12.2. The van der Waals surface area contributed by atoms with Crippen LogP contribution in [0.2, 0.25) is 0 Å². The van der Waals surface area contributed by atoms with Crippen molar-refractivity contribution in [2.75, 3.05) is 0 Å². The molecule has 24 heavy (non-hydrogen) atoms. The maximum absolute atomic E-state index is 12.2. The number of hydrogen-bond acceptors (Lipinski definition) is 6. The maximum Gasteiger partial charge on any atom is 0.326 e. The average Bonchev–Trinajstić information content (AvgIpc) is 2.50. The number of ether oxygens (including phenoxy) is 1. The summed E-state index contributed by atoms with van der Waals surface area (Å²) < 4.78 is 5.39. The molecule has 0 fully saturated rings. The van der Waals surface area contributed by atoms with Gasteiger partial charge in [-0.05, 0) is 52.3 Å². The van der Waals surface area contributed by atoms with E-state index < -0.39 is 17.0 Å². The first-order valence-electron chi connectivity index (χ1n) is 7.59. The fourth-order valence-electron chi connectivity index (χ4n) is 1.64. The number of hydroxylamine groups is 1. The van der Waals surface area contributed by atoms with Gasteiger partial charge in [-0.25, -0.2) is 5.48 Å². The second kappa shape index (κ2) is 8.03. The Morgan fingerprint density at radius 3 is 2.42 bits per heavy atom. The van der Waals surface area contributed by atoms with Crippen LogP contribution in [0.3, 0.4) is 0 Å². The first kappa shape index (κ1) is 19.8. The van der Waals surface area contributed by atoms with E-state index in [0.29, 0.717) is 12.2 Å². The van der Waals surface area contributed by atoms with Crippen molar-refractivity contribution in [1.29, 1.82) is 0 Å². The molecule has 1 heterocycles. The zero-order chi connectivity index (χ0) is 18.4. The van der Waals surface area contributed by atoms with Crippen molar-refractivity contribution in [2.24, 2.45) is 0 Å². The second-order valence-corrected chi connectivity index (χ2v) is 6.88. The highest BCUT2D eigenvalue weighted by atomic mass is 16.6. The van der Waals surface area contributed by atoms with Gasteiger partial charge in [0.25, 0.3) is 5.91 Å². The Balaban J connectivity index is 2.62. The van der Waals surface area contributed by atoms with Crippen LogP contribution in [0.5, 0.6) is 0 Å². The van der Waals surface area contributed by atoms with Gasteiger partial charge in [-0.1, -0.05) is 6.07 Å². The molecule has 1 aromatic rings. The third-order valence-electron chi connectivity index (χ3n) is 3.01.